The van der Waals surface area contributed by atoms with E-state index in [1.54, 1.807) is 24.3 Å². The van der Waals surface area contributed by atoms with Gasteiger partial charge in [0.15, 0.2) is 10.8 Å². The molecular weight excluding hydrogens is 396 g/mol. The van der Waals surface area contributed by atoms with Gasteiger partial charge in [-0.2, -0.15) is 18.3 Å². The minimum atomic E-state index is -4.56. The number of hydrogen-bond donors (Lipinski definition) is 2. The lowest BCUT2D eigenvalue weighted by Gasteiger charge is -2.11. The Morgan fingerprint density at radius 1 is 1.24 bits per heavy atom. The van der Waals surface area contributed by atoms with Crippen LogP contribution in [0, 0.1) is 6.92 Å². The van der Waals surface area contributed by atoms with Crippen LogP contribution < -0.4 is 10.6 Å². The van der Waals surface area contributed by atoms with Crippen molar-refractivity contribution >= 4 is 46.2 Å². The Morgan fingerprint density at radius 2 is 1.88 bits per heavy atom. The van der Waals surface area contributed by atoms with Gasteiger partial charge >= 0.3 is 6.18 Å². The first-order valence-corrected chi connectivity index (χ1v) is 8.45. The molecule has 2 aromatic rings. The lowest BCUT2D eigenvalue weighted by Crippen LogP contribution is -2.29. The van der Waals surface area contributed by atoms with E-state index in [1.165, 1.54) is 11.6 Å². The Kier molecular flexibility index (Phi) is 6.53. The number of anilines is 1. The first-order valence-electron chi connectivity index (χ1n) is 7.29. The van der Waals surface area contributed by atoms with Crippen molar-refractivity contribution in [1.29, 1.82) is 0 Å². The molecule has 0 aliphatic heterocycles. The average Bonchev–Trinajstić information content (AvgIpc) is 2.82. The third-order valence-electron chi connectivity index (χ3n) is 3.34. The fourth-order valence-electron chi connectivity index (χ4n) is 2.06. The summed E-state index contributed by atoms with van der Waals surface area (Å²) in [5.74, 6) is 0. The summed E-state index contributed by atoms with van der Waals surface area (Å²) in [6.07, 6.45) is -4.03. The Labute approximate surface area is 158 Å². The number of nitrogens with zero attached hydrogens (tertiary/aromatic N) is 2. The number of aromatic nitrogens is 2. The monoisotopic (exact) mass is 410 g/mol. The van der Waals surface area contributed by atoms with Crippen molar-refractivity contribution in [2.75, 3.05) is 11.9 Å². The lowest BCUT2D eigenvalue weighted by molar-refractivity contribution is -0.141. The highest BCUT2D eigenvalue weighted by Crippen LogP contribution is 2.35. The lowest BCUT2D eigenvalue weighted by atomic mass is 10.3. The van der Waals surface area contributed by atoms with Gasteiger partial charge in [0.25, 0.3) is 0 Å². The zero-order valence-corrected chi connectivity index (χ0v) is 15.5. The summed E-state index contributed by atoms with van der Waals surface area (Å²) < 4.78 is 39.5. The second kappa shape index (κ2) is 8.25. The van der Waals surface area contributed by atoms with Crippen LogP contribution in [0.25, 0.3) is 0 Å². The van der Waals surface area contributed by atoms with Crippen molar-refractivity contribution in [3.05, 3.63) is 45.7 Å². The van der Waals surface area contributed by atoms with Crippen LogP contribution in [-0.2, 0) is 12.7 Å². The first-order chi connectivity index (χ1) is 11.7. The average molecular weight is 411 g/mol. The van der Waals surface area contributed by atoms with Gasteiger partial charge in [-0.3, -0.25) is 4.68 Å². The van der Waals surface area contributed by atoms with Gasteiger partial charge in [-0.15, -0.1) is 0 Å². The predicted molar refractivity (Wildman–Crippen MR) is 97.3 cm³/mol. The van der Waals surface area contributed by atoms with E-state index < -0.39 is 11.9 Å². The number of halogens is 5. The van der Waals surface area contributed by atoms with Crippen molar-refractivity contribution in [3.63, 3.8) is 0 Å². The van der Waals surface area contributed by atoms with Crippen LogP contribution >= 0.6 is 35.4 Å². The maximum atomic E-state index is 12.8. The van der Waals surface area contributed by atoms with Crippen molar-refractivity contribution in [2.24, 2.45) is 0 Å². The third-order valence-corrected chi connectivity index (χ3v) is 4.29. The molecule has 1 aromatic heterocycles. The quantitative estimate of drug-likeness (QED) is 0.543. The van der Waals surface area contributed by atoms with Crippen LogP contribution in [0.3, 0.4) is 0 Å². The molecule has 25 heavy (non-hydrogen) atoms. The molecule has 2 rings (SSSR count). The number of aryl methyl sites for hydroxylation is 1. The summed E-state index contributed by atoms with van der Waals surface area (Å²) in [4.78, 5) is 0. The normalized spacial score (nSPS) is 11.4. The van der Waals surface area contributed by atoms with Gasteiger partial charge in [0.05, 0.1) is 10.7 Å². The fourth-order valence-corrected chi connectivity index (χ4v) is 2.65. The molecule has 0 aliphatic carbocycles. The van der Waals surface area contributed by atoms with E-state index >= 15 is 0 Å². The summed E-state index contributed by atoms with van der Waals surface area (Å²) in [6.45, 7) is 2.26. The maximum absolute atomic E-state index is 12.8. The first kappa shape index (κ1) is 19.8. The molecule has 10 heteroatoms. The Morgan fingerprint density at radius 3 is 2.44 bits per heavy atom. The zero-order valence-electron chi connectivity index (χ0n) is 13.1. The van der Waals surface area contributed by atoms with E-state index in [2.05, 4.69) is 15.7 Å². The number of hydrogen-bond acceptors (Lipinski definition) is 2. The van der Waals surface area contributed by atoms with Crippen LogP contribution in [0.4, 0.5) is 18.9 Å². The number of benzene rings is 1. The second-order valence-corrected chi connectivity index (χ2v) is 6.43. The topological polar surface area (TPSA) is 41.9 Å². The van der Waals surface area contributed by atoms with E-state index in [9.17, 15) is 13.2 Å². The van der Waals surface area contributed by atoms with Crippen LogP contribution in [0.1, 0.15) is 17.8 Å². The molecule has 0 unspecified atom stereocenters. The smallest absolute Gasteiger partial charge is 0.362 e. The van der Waals surface area contributed by atoms with Crippen molar-refractivity contribution in [1.82, 2.24) is 15.1 Å². The molecule has 0 atom stereocenters. The number of nitrogens with one attached hydrogen (secondary N) is 2. The number of thiocarbonyl (C=S) groups is 1. The second-order valence-electron chi connectivity index (χ2n) is 5.21. The highest BCUT2D eigenvalue weighted by Gasteiger charge is 2.38. The molecule has 2 N–H and O–H groups in total. The Balaban J connectivity index is 1.81. The molecule has 136 valence electrons. The Bertz CT molecular complexity index is 744. The van der Waals surface area contributed by atoms with Gasteiger partial charge < -0.3 is 10.6 Å². The highest BCUT2D eigenvalue weighted by atomic mass is 35.5. The largest absolute Gasteiger partial charge is 0.436 e. The Hall–Kier alpha value is -1.51. The molecule has 0 saturated heterocycles. The van der Waals surface area contributed by atoms with Crippen molar-refractivity contribution in [2.45, 2.75) is 26.1 Å². The highest BCUT2D eigenvalue weighted by molar-refractivity contribution is 7.80. The molecule has 1 aromatic carbocycles. The molecule has 0 bridgehead atoms. The molecule has 1 heterocycles. The minimum absolute atomic E-state index is 0.288. The van der Waals surface area contributed by atoms with Gasteiger partial charge in [0, 0.05) is 23.8 Å². The van der Waals surface area contributed by atoms with Gasteiger partial charge in [-0.05, 0) is 49.8 Å². The van der Waals surface area contributed by atoms with E-state index in [1.807, 2.05) is 0 Å². The van der Waals surface area contributed by atoms with Crippen LogP contribution in [0.15, 0.2) is 24.3 Å². The maximum Gasteiger partial charge on any atom is 0.436 e. The summed E-state index contributed by atoms with van der Waals surface area (Å²) in [5.41, 5.74) is 0.0156. The van der Waals surface area contributed by atoms with Gasteiger partial charge in [-0.25, -0.2) is 0 Å². The van der Waals surface area contributed by atoms with Crippen LogP contribution in [-0.4, -0.2) is 21.4 Å². The molecule has 0 fully saturated rings. The zero-order chi connectivity index (χ0) is 18.6. The van der Waals surface area contributed by atoms with E-state index in [-0.39, 0.29) is 17.3 Å². The van der Waals surface area contributed by atoms with Crippen molar-refractivity contribution < 1.29 is 13.2 Å². The summed E-state index contributed by atoms with van der Waals surface area (Å²) in [5, 5.41) is 10.2. The molecule has 0 spiro atoms. The van der Waals surface area contributed by atoms with E-state index in [4.69, 9.17) is 35.4 Å². The number of alkyl halides is 3. The molecule has 0 saturated carbocycles. The summed E-state index contributed by atoms with van der Waals surface area (Å²) in [6, 6.07) is 7.03. The molecule has 4 nitrogen and oxygen atoms in total. The predicted octanol–water partition coefficient (Wildman–Crippen LogP) is 4.89. The van der Waals surface area contributed by atoms with Gasteiger partial charge in [0.1, 0.15) is 0 Å². The fraction of sp³-hybridized carbons (Fsp3) is 0.333. The number of rotatable bonds is 5. The molecule has 0 amide bonds. The molecular formula is C15H15Cl2F3N4S. The summed E-state index contributed by atoms with van der Waals surface area (Å²) in [7, 11) is 0. The van der Waals surface area contributed by atoms with Gasteiger partial charge in [-0.1, -0.05) is 23.2 Å². The summed E-state index contributed by atoms with van der Waals surface area (Å²) >= 11 is 16.7. The van der Waals surface area contributed by atoms with Crippen LogP contribution in [0.5, 0.6) is 0 Å². The molecule has 0 radical (unpaired) electrons. The van der Waals surface area contributed by atoms with E-state index in [0.717, 1.165) is 5.69 Å². The van der Waals surface area contributed by atoms with Gasteiger partial charge in [0.2, 0.25) is 0 Å². The standard InChI is InChI=1S/C15H15Cl2F3N4S/c1-9-12(17)13(15(18,19)20)23-24(9)8-2-7-21-14(25)22-11-5-3-10(16)4-6-11/h3-6H,2,7-8H2,1H3,(H2,21,22,25). The minimum Gasteiger partial charge on any atom is -0.362 e. The van der Waals surface area contributed by atoms with E-state index in [0.29, 0.717) is 23.1 Å². The molecule has 0 aliphatic rings. The van der Waals surface area contributed by atoms with Crippen molar-refractivity contribution in [3.8, 4) is 0 Å². The third kappa shape index (κ3) is 5.49. The SMILES string of the molecule is Cc1c(Cl)c(C(F)(F)F)nn1CCCNC(=S)Nc1ccc(Cl)cc1. The van der Waals surface area contributed by atoms with Crippen LogP contribution in [0.2, 0.25) is 10.0 Å².